The van der Waals surface area contributed by atoms with Crippen LogP contribution in [0.4, 0.5) is 0 Å². The minimum atomic E-state index is 0.0809. The largest absolute Gasteiger partial charge is 0.324 e. The summed E-state index contributed by atoms with van der Waals surface area (Å²) in [6.07, 6.45) is 6.08. The molecule has 18 heavy (non-hydrogen) atoms. The molecule has 0 radical (unpaired) electrons. The quantitative estimate of drug-likeness (QED) is 0.875. The number of rotatable bonds is 5. The Labute approximate surface area is 109 Å². The molecular weight excluding hydrogens is 222 g/mol. The van der Waals surface area contributed by atoms with Gasteiger partial charge in [-0.15, -0.1) is 0 Å². The van der Waals surface area contributed by atoms with E-state index in [2.05, 4.69) is 18.9 Å². The molecule has 0 amide bonds. The monoisotopic (exact) mass is 243 g/mol. The highest BCUT2D eigenvalue weighted by atomic mass is 15.3. The summed E-state index contributed by atoms with van der Waals surface area (Å²) in [6, 6.07) is 10.2. The van der Waals surface area contributed by atoms with Gasteiger partial charge in [0.2, 0.25) is 0 Å². The van der Waals surface area contributed by atoms with E-state index in [1.54, 1.807) is 0 Å². The van der Waals surface area contributed by atoms with Gasteiger partial charge >= 0.3 is 0 Å². The predicted octanol–water partition coefficient (Wildman–Crippen LogP) is 3.31. The first-order valence-electron chi connectivity index (χ1n) is 6.56. The Morgan fingerprint density at radius 3 is 2.67 bits per heavy atom. The predicted molar refractivity (Wildman–Crippen MR) is 74.6 cm³/mol. The van der Waals surface area contributed by atoms with Crippen molar-refractivity contribution in [2.24, 2.45) is 11.7 Å². The van der Waals surface area contributed by atoms with E-state index < -0.39 is 0 Å². The summed E-state index contributed by atoms with van der Waals surface area (Å²) < 4.78 is 1.88. The second-order valence-electron chi connectivity index (χ2n) is 4.91. The summed E-state index contributed by atoms with van der Waals surface area (Å²) in [7, 11) is 0. The first kappa shape index (κ1) is 12.8. The van der Waals surface area contributed by atoms with Crippen LogP contribution in [0, 0.1) is 5.92 Å². The molecule has 2 atom stereocenters. The van der Waals surface area contributed by atoms with Crippen molar-refractivity contribution in [3.05, 3.63) is 48.3 Å². The van der Waals surface area contributed by atoms with Crippen LogP contribution in [0.1, 0.15) is 38.3 Å². The van der Waals surface area contributed by atoms with E-state index in [4.69, 9.17) is 5.73 Å². The van der Waals surface area contributed by atoms with Crippen LogP contribution >= 0.6 is 0 Å². The first-order chi connectivity index (χ1) is 8.70. The van der Waals surface area contributed by atoms with E-state index in [9.17, 15) is 0 Å². The van der Waals surface area contributed by atoms with Crippen molar-refractivity contribution in [2.45, 2.75) is 32.7 Å². The third kappa shape index (κ3) is 2.99. The molecule has 3 heteroatoms. The summed E-state index contributed by atoms with van der Waals surface area (Å²) >= 11 is 0. The van der Waals surface area contributed by atoms with E-state index >= 15 is 0 Å². The van der Waals surface area contributed by atoms with Gasteiger partial charge < -0.3 is 5.73 Å². The Bertz CT molecular complexity index is 475. The van der Waals surface area contributed by atoms with Crippen LogP contribution in [-0.2, 0) is 0 Å². The molecule has 0 aliphatic heterocycles. The summed E-state index contributed by atoms with van der Waals surface area (Å²) in [5, 5.41) is 4.38. The highest BCUT2D eigenvalue weighted by Gasteiger charge is 2.12. The lowest BCUT2D eigenvalue weighted by Gasteiger charge is -2.14. The number of nitrogens with zero attached hydrogens (tertiary/aromatic N) is 2. The molecule has 2 aromatic rings. The van der Waals surface area contributed by atoms with E-state index in [0.717, 1.165) is 17.7 Å². The Balaban J connectivity index is 2.11. The van der Waals surface area contributed by atoms with Crippen molar-refractivity contribution in [3.8, 4) is 5.69 Å². The zero-order valence-electron chi connectivity index (χ0n) is 11.1. The normalized spacial score (nSPS) is 14.4. The molecule has 96 valence electrons. The highest BCUT2D eigenvalue weighted by molar-refractivity contribution is 5.31. The van der Waals surface area contributed by atoms with Gasteiger partial charge in [-0.25, -0.2) is 4.68 Å². The van der Waals surface area contributed by atoms with Crippen molar-refractivity contribution < 1.29 is 0 Å². The van der Waals surface area contributed by atoms with Crippen LogP contribution in [0.5, 0.6) is 0 Å². The molecule has 3 nitrogen and oxygen atoms in total. The lowest BCUT2D eigenvalue weighted by molar-refractivity contribution is 0.461. The lowest BCUT2D eigenvalue weighted by atomic mass is 9.97. The maximum Gasteiger partial charge on any atom is 0.0645 e. The molecule has 2 N–H and O–H groups in total. The standard InChI is InChI=1S/C15H21N3/c1-3-12(2)9-15(16)13-10-17-18(11-13)14-7-5-4-6-8-14/h4-8,10-12,15H,3,9,16H2,1-2H3. The zero-order chi connectivity index (χ0) is 13.0. The third-order valence-electron chi connectivity index (χ3n) is 3.40. The van der Waals surface area contributed by atoms with Gasteiger partial charge in [0, 0.05) is 17.8 Å². The summed E-state index contributed by atoms with van der Waals surface area (Å²) in [5.74, 6) is 0.653. The summed E-state index contributed by atoms with van der Waals surface area (Å²) in [5.41, 5.74) is 8.39. The molecule has 1 aromatic heterocycles. The minimum Gasteiger partial charge on any atom is -0.324 e. The van der Waals surface area contributed by atoms with E-state index in [1.807, 2.05) is 47.4 Å². The molecule has 1 aromatic carbocycles. The van der Waals surface area contributed by atoms with Gasteiger partial charge in [0.05, 0.1) is 11.9 Å². The van der Waals surface area contributed by atoms with Gasteiger partial charge in [-0.05, 0) is 24.5 Å². The Morgan fingerprint density at radius 2 is 2.00 bits per heavy atom. The van der Waals surface area contributed by atoms with Gasteiger partial charge in [0.15, 0.2) is 0 Å². The smallest absolute Gasteiger partial charge is 0.0645 e. The van der Waals surface area contributed by atoms with Crippen LogP contribution in [0.2, 0.25) is 0 Å². The van der Waals surface area contributed by atoms with E-state index in [0.29, 0.717) is 5.92 Å². The van der Waals surface area contributed by atoms with Gasteiger partial charge in [-0.1, -0.05) is 38.5 Å². The molecule has 0 saturated carbocycles. The fourth-order valence-electron chi connectivity index (χ4n) is 1.99. The number of hydrogen-bond donors (Lipinski definition) is 1. The molecule has 0 saturated heterocycles. The summed E-state index contributed by atoms with van der Waals surface area (Å²) in [4.78, 5) is 0. The highest BCUT2D eigenvalue weighted by Crippen LogP contribution is 2.21. The van der Waals surface area contributed by atoms with Crippen LogP contribution < -0.4 is 5.73 Å². The van der Waals surface area contributed by atoms with Crippen molar-refractivity contribution >= 4 is 0 Å². The van der Waals surface area contributed by atoms with Crippen molar-refractivity contribution in [1.82, 2.24) is 9.78 Å². The van der Waals surface area contributed by atoms with Crippen molar-refractivity contribution in [1.29, 1.82) is 0 Å². The van der Waals surface area contributed by atoms with Crippen molar-refractivity contribution in [3.63, 3.8) is 0 Å². The minimum absolute atomic E-state index is 0.0809. The maximum absolute atomic E-state index is 6.21. The average molecular weight is 243 g/mol. The molecule has 0 fully saturated rings. The van der Waals surface area contributed by atoms with Crippen LogP contribution in [0.3, 0.4) is 0 Å². The summed E-state index contributed by atoms with van der Waals surface area (Å²) in [6.45, 7) is 4.44. The molecule has 2 unspecified atom stereocenters. The van der Waals surface area contributed by atoms with E-state index in [1.165, 1.54) is 6.42 Å². The fourth-order valence-corrected chi connectivity index (χ4v) is 1.99. The Morgan fingerprint density at radius 1 is 1.28 bits per heavy atom. The first-order valence-corrected chi connectivity index (χ1v) is 6.56. The molecule has 0 aliphatic carbocycles. The second kappa shape index (κ2) is 5.83. The third-order valence-corrected chi connectivity index (χ3v) is 3.40. The van der Waals surface area contributed by atoms with Gasteiger partial charge in [0.25, 0.3) is 0 Å². The van der Waals surface area contributed by atoms with Crippen LogP contribution in [0.25, 0.3) is 5.69 Å². The number of para-hydroxylation sites is 1. The molecule has 1 heterocycles. The lowest BCUT2D eigenvalue weighted by Crippen LogP contribution is -2.13. The zero-order valence-corrected chi connectivity index (χ0v) is 11.1. The SMILES string of the molecule is CCC(C)CC(N)c1cnn(-c2ccccc2)c1. The Hall–Kier alpha value is -1.61. The average Bonchev–Trinajstić information content (AvgIpc) is 2.89. The number of aromatic nitrogens is 2. The van der Waals surface area contributed by atoms with Gasteiger partial charge in [-0.3, -0.25) is 0 Å². The van der Waals surface area contributed by atoms with Crippen LogP contribution in [0.15, 0.2) is 42.7 Å². The number of hydrogen-bond acceptors (Lipinski definition) is 2. The fraction of sp³-hybridized carbons (Fsp3) is 0.400. The Kier molecular flexibility index (Phi) is 4.15. The maximum atomic E-state index is 6.21. The molecule has 0 bridgehead atoms. The number of benzene rings is 1. The van der Waals surface area contributed by atoms with Gasteiger partial charge in [0.1, 0.15) is 0 Å². The topological polar surface area (TPSA) is 43.8 Å². The number of nitrogens with two attached hydrogens (primary N) is 1. The molecule has 2 rings (SSSR count). The molecule has 0 aliphatic rings. The van der Waals surface area contributed by atoms with Crippen LogP contribution in [-0.4, -0.2) is 9.78 Å². The van der Waals surface area contributed by atoms with E-state index in [-0.39, 0.29) is 6.04 Å². The molecule has 0 spiro atoms. The van der Waals surface area contributed by atoms with Gasteiger partial charge in [-0.2, -0.15) is 5.10 Å². The van der Waals surface area contributed by atoms with Crippen molar-refractivity contribution in [2.75, 3.05) is 0 Å². The molecular formula is C15H21N3. The second-order valence-corrected chi connectivity index (χ2v) is 4.91.